The van der Waals surface area contributed by atoms with Crippen LogP contribution in [-0.4, -0.2) is 76.6 Å². The van der Waals surface area contributed by atoms with Gasteiger partial charge in [-0.25, -0.2) is 25.9 Å². The Kier molecular flexibility index (Phi) is 8.26. The molecule has 3 rings (SSSR count). The van der Waals surface area contributed by atoms with Gasteiger partial charge in [0.2, 0.25) is 20.0 Å². The number of sulfonamides is 2. The molecule has 0 saturated carbocycles. The van der Waals surface area contributed by atoms with Crippen molar-refractivity contribution in [2.45, 2.75) is 56.5 Å². The highest BCUT2D eigenvalue weighted by Crippen LogP contribution is 2.28. The monoisotopic (exact) mass is 492 g/mol. The second-order valence-corrected chi connectivity index (χ2v) is 12.5. The molecule has 0 spiro atoms. The van der Waals surface area contributed by atoms with Crippen LogP contribution in [-0.2, 0) is 20.0 Å². The van der Waals surface area contributed by atoms with Crippen molar-refractivity contribution in [1.29, 1.82) is 0 Å². The van der Waals surface area contributed by atoms with E-state index in [1.165, 1.54) is 10.4 Å². The van der Waals surface area contributed by atoms with Crippen LogP contribution in [0.25, 0.3) is 0 Å². The van der Waals surface area contributed by atoms with Crippen LogP contribution in [0, 0.1) is 0 Å². The average Bonchev–Trinajstić information content (AvgIpc) is 2.69. The van der Waals surface area contributed by atoms with Gasteiger partial charge >= 0.3 is 0 Å². The molecular formula is C20H33ClN4O4S2. The number of benzene rings is 1. The minimum absolute atomic E-state index is 0.00887. The number of halogens is 1. The van der Waals surface area contributed by atoms with E-state index < -0.39 is 20.0 Å². The topological polar surface area (TPSA) is 98.8 Å². The highest BCUT2D eigenvalue weighted by Gasteiger charge is 2.30. The Labute approximate surface area is 191 Å². The van der Waals surface area contributed by atoms with E-state index in [2.05, 4.69) is 21.9 Å². The van der Waals surface area contributed by atoms with E-state index in [0.717, 1.165) is 19.5 Å². The van der Waals surface area contributed by atoms with E-state index in [4.69, 9.17) is 11.6 Å². The maximum Gasteiger partial charge on any atom is 0.242 e. The molecule has 176 valence electrons. The molecule has 0 amide bonds. The maximum atomic E-state index is 13.0. The molecule has 1 atom stereocenters. The zero-order valence-corrected chi connectivity index (χ0v) is 20.6. The zero-order valence-electron chi connectivity index (χ0n) is 18.2. The quantitative estimate of drug-likeness (QED) is 0.520. The van der Waals surface area contributed by atoms with Crippen LogP contribution in [0.5, 0.6) is 0 Å². The first-order valence-corrected chi connectivity index (χ1v) is 14.4. The fraction of sp³-hybridized carbons (Fsp3) is 0.700. The van der Waals surface area contributed by atoms with Gasteiger partial charge in [-0.1, -0.05) is 25.4 Å². The van der Waals surface area contributed by atoms with Crippen LogP contribution >= 0.6 is 11.6 Å². The SMILES string of the molecule is CCCS(=O)(=O)N1CCC(Nc2ccc(Cl)cc2S(=O)(=O)NCC2CCN2CC)CC1. The molecule has 0 bridgehead atoms. The summed E-state index contributed by atoms with van der Waals surface area (Å²) in [6.45, 7) is 7.06. The van der Waals surface area contributed by atoms with E-state index >= 15 is 0 Å². The molecule has 2 saturated heterocycles. The van der Waals surface area contributed by atoms with Gasteiger partial charge in [0.25, 0.3) is 0 Å². The summed E-state index contributed by atoms with van der Waals surface area (Å²) in [7, 11) is -6.95. The number of nitrogens with one attached hydrogen (secondary N) is 2. The van der Waals surface area contributed by atoms with Gasteiger partial charge in [0.05, 0.1) is 11.4 Å². The predicted octanol–water partition coefficient (Wildman–Crippen LogP) is 2.33. The lowest BCUT2D eigenvalue weighted by atomic mass is 10.0. The van der Waals surface area contributed by atoms with Gasteiger partial charge in [-0.3, -0.25) is 4.90 Å². The van der Waals surface area contributed by atoms with E-state index in [1.54, 1.807) is 12.1 Å². The van der Waals surface area contributed by atoms with Gasteiger partial charge in [-0.2, -0.15) is 0 Å². The predicted molar refractivity (Wildman–Crippen MR) is 125 cm³/mol. The molecule has 2 aliphatic heterocycles. The van der Waals surface area contributed by atoms with E-state index in [-0.39, 0.29) is 22.7 Å². The van der Waals surface area contributed by atoms with E-state index in [0.29, 0.717) is 49.6 Å². The summed E-state index contributed by atoms with van der Waals surface area (Å²) < 4.78 is 54.9. The molecule has 2 heterocycles. The first-order valence-electron chi connectivity index (χ1n) is 10.9. The summed E-state index contributed by atoms with van der Waals surface area (Å²) in [5.41, 5.74) is 0.493. The lowest BCUT2D eigenvalue weighted by Gasteiger charge is -2.40. The normalized spacial score (nSPS) is 21.7. The van der Waals surface area contributed by atoms with Gasteiger partial charge < -0.3 is 5.32 Å². The van der Waals surface area contributed by atoms with E-state index in [1.807, 2.05) is 6.92 Å². The number of hydrogen-bond donors (Lipinski definition) is 2. The minimum atomic E-state index is -3.74. The second kappa shape index (κ2) is 10.4. The summed E-state index contributed by atoms with van der Waals surface area (Å²) in [5, 5.41) is 3.66. The van der Waals surface area contributed by atoms with Crippen molar-refractivity contribution >= 4 is 37.3 Å². The lowest BCUT2D eigenvalue weighted by molar-refractivity contribution is 0.102. The van der Waals surface area contributed by atoms with Crippen molar-refractivity contribution in [3.63, 3.8) is 0 Å². The van der Waals surface area contributed by atoms with Gasteiger partial charge in [0.1, 0.15) is 4.90 Å². The average molecular weight is 493 g/mol. The Morgan fingerprint density at radius 3 is 2.35 bits per heavy atom. The smallest absolute Gasteiger partial charge is 0.242 e. The number of piperidine rings is 1. The van der Waals surface area contributed by atoms with Gasteiger partial charge in [-0.15, -0.1) is 0 Å². The molecular weight excluding hydrogens is 460 g/mol. The summed E-state index contributed by atoms with van der Waals surface area (Å²) in [5.74, 6) is 0.160. The molecule has 1 aromatic rings. The Hall–Kier alpha value is -0.910. The first kappa shape index (κ1) is 24.7. The molecule has 11 heteroatoms. The van der Waals surface area contributed by atoms with Crippen molar-refractivity contribution in [2.24, 2.45) is 0 Å². The summed E-state index contributed by atoms with van der Waals surface area (Å²) in [6, 6.07) is 5.02. The Morgan fingerprint density at radius 1 is 1.06 bits per heavy atom. The van der Waals surface area contributed by atoms with Crippen LogP contribution in [0.3, 0.4) is 0 Å². The van der Waals surface area contributed by atoms with Gasteiger partial charge in [0, 0.05) is 43.3 Å². The van der Waals surface area contributed by atoms with Crippen LogP contribution in [0.1, 0.15) is 39.5 Å². The number of hydrogen-bond acceptors (Lipinski definition) is 6. The van der Waals surface area contributed by atoms with Crippen LogP contribution < -0.4 is 10.0 Å². The first-order chi connectivity index (χ1) is 14.7. The molecule has 1 unspecified atom stereocenters. The lowest BCUT2D eigenvalue weighted by Crippen LogP contribution is -2.53. The number of likely N-dealkylation sites (N-methyl/N-ethyl adjacent to an activating group) is 1. The molecule has 1 aromatic carbocycles. The summed E-state index contributed by atoms with van der Waals surface area (Å²) in [6.07, 6.45) is 2.81. The minimum Gasteiger partial charge on any atom is -0.381 e. The van der Waals surface area contributed by atoms with Gasteiger partial charge in [-0.05, 0) is 50.4 Å². The highest BCUT2D eigenvalue weighted by atomic mass is 35.5. The van der Waals surface area contributed by atoms with Crippen molar-refractivity contribution in [1.82, 2.24) is 13.9 Å². The Morgan fingerprint density at radius 2 is 1.77 bits per heavy atom. The van der Waals surface area contributed by atoms with Crippen molar-refractivity contribution in [2.75, 3.05) is 43.8 Å². The Bertz CT molecular complexity index is 961. The molecule has 2 aliphatic rings. The molecule has 2 fully saturated rings. The fourth-order valence-corrected chi connectivity index (χ4v) is 7.19. The van der Waals surface area contributed by atoms with Crippen LogP contribution in [0.2, 0.25) is 5.02 Å². The molecule has 0 radical (unpaired) electrons. The third-order valence-corrected chi connectivity index (χ3v) is 9.86. The fourth-order valence-electron chi connectivity index (χ4n) is 4.15. The summed E-state index contributed by atoms with van der Waals surface area (Å²) >= 11 is 6.11. The van der Waals surface area contributed by atoms with Crippen molar-refractivity contribution in [3.8, 4) is 0 Å². The molecule has 0 aliphatic carbocycles. The number of rotatable bonds is 10. The zero-order chi connectivity index (χ0) is 22.6. The molecule has 2 N–H and O–H groups in total. The third kappa shape index (κ3) is 6.11. The second-order valence-electron chi connectivity index (χ2n) is 8.20. The number of nitrogens with zero attached hydrogens (tertiary/aromatic N) is 2. The standard InChI is InChI=1S/C20H33ClN4O4S2/c1-3-13-30(26,27)25-11-7-17(8-12-25)23-19-6-5-16(21)14-20(19)31(28,29)22-15-18-9-10-24(18)4-2/h5-6,14,17-18,22-23H,3-4,7-13,15H2,1-2H3. The van der Waals surface area contributed by atoms with E-state index in [9.17, 15) is 16.8 Å². The Balaban J connectivity index is 1.66. The molecule has 8 nitrogen and oxygen atoms in total. The number of anilines is 1. The summed E-state index contributed by atoms with van der Waals surface area (Å²) in [4.78, 5) is 2.36. The third-order valence-electron chi connectivity index (χ3n) is 6.08. The van der Waals surface area contributed by atoms with Crippen molar-refractivity contribution < 1.29 is 16.8 Å². The van der Waals surface area contributed by atoms with Crippen molar-refractivity contribution in [3.05, 3.63) is 23.2 Å². The van der Waals surface area contributed by atoms with Crippen LogP contribution in [0.15, 0.2) is 23.1 Å². The largest absolute Gasteiger partial charge is 0.381 e. The highest BCUT2D eigenvalue weighted by molar-refractivity contribution is 7.89. The maximum absolute atomic E-state index is 13.0. The molecule has 0 aromatic heterocycles. The van der Waals surface area contributed by atoms with Gasteiger partial charge in [0.15, 0.2) is 0 Å². The van der Waals surface area contributed by atoms with Crippen LogP contribution in [0.4, 0.5) is 5.69 Å². The number of likely N-dealkylation sites (tertiary alicyclic amines) is 1. The molecule has 31 heavy (non-hydrogen) atoms.